The number of para-hydroxylation sites is 2. The van der Waals surface area contributed by atoms with E-state index in [0.717, 1.165) is 66.7 Å². The molecule has 32 heavy (non-hydrogen) atoms. The third kappa shape index (κ3) is 3.69. The summed E-state index contributed by atoms with van der Waals surface area (Å²) in [6.07, 6.45) is 3.80. The van der Waals surface area contributed by atoms with Crippen LogP contribution in [0, 0.1) is 0 Å². The molecule has 1 unspecified atom stereocenters. The average molecular weight is 453 g/mol. The van der Waals surface area contributed by atoms with Gasteiger partial charge in [-0.3, -0.25) is 9.21 Å². The number of hydrogen-bond donors (Lipinski definition) is 0. The quantitative estimate of drug-likeness (QED) is 0.466. The fourth-order valence-electron chi connectivity index (χ4n) is 4.82. The molecule has 0 aliphatic carbocycles. The predicted octanol–water partition coefficient (Wildman–Crippen LogP) is 4.64. The van der Waals surface area contributed by atoms with E-state index in [2.05, 4.69) is 4.90 Å². The van der Waals surface area contributed by atoms with E-state index in [0.29, 0.717) is 11.4 Å². The van der Waals surface area contributed by atoms with Gasteiger partial charge in [-0.1, -0.05) is 36.4 Å². The Hall–Kier alpha value is -2.77. The number of unbranched alkanes of at least 4 members (excludes halogenated alkanes) is 1. The molecule has 0 saturated carbocycles. The van der Waals surface area contributed by atoms with Crippen molar-refractivity contribution < 1.29 is 17.9 Å². The number of likely N-dealkylation sites (tertiary alicyclic amines) is 1. The molecule has 2 heterocycles. The molecule has 168 valence electrons. The molecule has 0 N–H and O–H groups in total. The Balaban J connectivity index is 1.21. The molecule has 6 nitrogen and oxygen atoms in total. The molecule has 3 aromatic carbocycles. The van der Waals surface area contributed by atoms with E-state index in [1.165, 1.54) is 0 Å². The zero-order valence-electron chi connectivity index (χ0n) is 18.2. The van der Waals surface area contributed by atoms with Crippen LogP contribution in [-0.4, -0.2) is 46.3 Å². The van der Waals surface area contributed by atoms with E-state index in [1.54, 1.807) is 17.5 Å². The Morgan fingerprint density at radius 2 is 1.69 bits per heavy atom. The van der Waals surface area contributed by atoms with Gasteiger partial charge in [0.2, 0.25) is 0 Å². The first-order valence-corrected chi connectivity index (χ1v) is 12.6. The molecule has 0 radical (unpaired) electrons. The molecule has 7 heteroatoms. The molecule has 0 bridgehead atoms. The second-order valence-electron chi connectivity index (χ2n) is 8.32. The second-order valence-corrected chi connectivity index (χ2v) is 10.1. The minimum Gasteiger partial charge on any atom is -0.493 e. The number of hydrogen-bond acceptors (Lipinski definition) is 5. The van der Waals surface area contributed by atoms with Crippen molar-refractivity contribution in [1.29, 1.82) is 0 Å². The molecule has 1 atom stereocenters. The van der Waals surface area contributed by atoms with Gasteiger partial charge in [0.1, 0.15) is 0 Å². The van der Waals surface area contributed by atoms with E-state index in [1.807, 2.05) is 54.6 Å². The first kappa shape index (κ1) is 21.1. The highest BCUT2D eigenvalue weighted by Crippen LogP contribution is 2.42. The first-order valence-electron chi connectivity index (χ1n) is 11.2. The van der Waals surface area contributed by atoms with Crippen LogP contribution < -0.4 is 13.8 Å². The van der Waals surface area contributed by atoms with Crippen LogP contribution in [0.25, 0.3) is 10.8 Å². The summed E-state index contributed by atoms with van der Waals surface area (Å²) in [5.74, 6) is 1.51. The largest absolute Gasteiger partial charge is 0.493 e. The van der Waals surface area contributed by atoms with Crippen LogP contribution in [0.15, 0.2) is 65.6 Å². The zero-order valence-corrected chi connectivity index (χ0v) is 19.1. The van der Waals surface area contributed by atoms with Gasteiger partial charge in [-0.2, -0.15) is 0 Å². The predicted molar refractivity (Wildman–Crippen MR) is 126 cm³/mol. The summed E-state index contributed by atoms with van der Waals surface area (Å²) in [4.78, 5) is 2.77. The van der Waals surface area contributed by atoms with Crippen molar-refractivity contribution in [3.05, 3.63) is 60.7 Å². The van der Waals surface area contributed by atoms with Crippen LogP contribution in [-0.2, 0) is 10.0 Å². The Morgan fingerprint density at radius 3 is 2.50 bits per heavy atom. The summed E-state index contributed by atoms with van der Waals surface area (Å²) >= 11 is 0. The lowest BCUT2D eigenvalue weighted by molar-refractivity contribution is 0.0572. The minimum absolute atomic E-state index is 0.0276. The van der Waals surface area contributed by atoms with Crippen LogP contribution >= 0.6 is 0 Å². The Bertz CT molecular complexity index is 1220. The highest BCUT2D eigenvalue weighted by Gasteiger charge is 2.35. The highest BCUT2D eigenvalue weighted by molar-refractivity contribution is 7.93. The maximum Gasteiger partial charge on any atom is 0.265 e. The summed E-state index contributed by atoms with van der Waals surface area (Å²) < 4.78 is 39.5. The zero-order chi connectivity index (χ0) is 22.1. The van der Waals surface area contributed by atoms with Gasteiger partial charge in [0, 0.05) is 25.0 Å². The molecule has 3 aromatic rings. The van der Waals surface area contributed by atoms with E-state index < -0.39 is 10.0 Å². The monoisotopic (exact) mass is 452 g/mol. The summed E-state index contributed by atoms with van der Waals surface area (Å²) in [7, 11) is -1.82. The lowest BCUT2D eigenvalue weighted by atomic mass is 10.1. The van der Waals surface area contributed by atoms with E-state index in [9.17, 15) is 8.42 Å². The summed E-state index contributed by atoms with van der Waals surface area (Å²) in [5, 5.41) is 1.82. The van der Waals surface area contributed by atoms with Crippen molar-refractivity contribution >= 4 is 26.5 Å². The van der Waals surface area contributed by atoms with Gasteiger partial charge < -0.3 is 9.47 Å². The molecular formula is C25H28N2O4S. The Kier molecular flexibility index (Phi) is 5.69. The SMILES string of the molecule is COc1ccccc1OC1CCCN1CCCCN1c2cccc3cccc(c23)S1(=O)=O. The molecule has 0 spiro atoms. The van der Waals surface area contributed by atoms with Crippen molar-refractivity contribution in [2.45, 2.75) is 36.8 Å². The summed E-state index contributed by atoms with van der Waals surface area (Å²) in [6.45, 7) is 2.36. The van der Waals surface area contributed by atoms with Crippen molar-refractivity contribution in [1.82, 2.24) is 4.90 Å². The van der Waals surface area contributed by atoms with Gasteiger partial charge in [-0.05, 0) is 55.3 Å². The average Bonchev–Trinajstić information content (AvgIpc) is 3.33. The maximum absolute atomic E-state index is 13.1. The topological polar surface area (TPSA) is 59.1 Å². The van der Waals surface area contributed by atoms with Crippen molar-refractivity contribution in [3.63, 3.8) is 0 Å². The summed E-state index contributed by atoms with van der Waals surface area (Å²) in [6, 6.07) is 19.0. The highest BCUT2D eigenvalue weighted by atomic mass is 32.2. The number of benzene rings is 3. The normalized spacial score (nSPS) is 19.5. The van der Waals surface area contributed by atoms with Crippen LogP contribution in [0.4, 0.5) is 5.69 Å². The molecule has 0 amide bonds. The van der Waals surface area contributed by atoms with E-state index >= 15 is 0 Å². The number of ether oxygens (including phenoxy) is 2. The molecule has 1 fully saturated rings. The number of rotatable bonds is 8. The van der Waals surface area contributed by atoms with Gasteiger partial charge in [-0.25, -0.2) is 8.42 Å². The standard InChI is InChI=1S/C25H28N2O4S/c1-30-21-12-2-3-13-22(21)31-24-15-8-17-26(24)16-4-5-18-27-20-11-6-9-19-10-7-14-23(25(19)20)32(27,28)29/h2-3,6-7,9-14,24H,4-5,8,15-18H2,1H3. The summed E-state index contributed by atoms with van der Waals surface area (Å²) in [5.41, 5.74) is 0.802. The van der Waals surface area contributed by atoms with Crippen molar-refractivity contribution in [2.75, 3.05) is 31.0 Å². The van der Waals surface area contributed by atoms with Gasteiger partial charge in [0.25, 0.3) is 10.0 Å². The maximum atomic E-state index is 13.1. The molecular weight excluding hydrogens is 424 g/mol. The van der Waals surface area contributed by atoms with Gasteiger partial charge in [0.15, 0.2) is 17.7 Å². The number of anilines is 1. The van der Waals surface area contributed by atoms with E-state index in [4.69, 9.17) is 9.47 Å². The number of nitrogens with zero attached hydrogens (tertiary/aromatic N) is 2. The number of sulfonamides is 1. The Labute approximate surface area is 189 Å². The van der Waals surface area contributed by atoms with Crippen LogP contribution in [0.2, 0.25) is 0 Å². The van der Waals surface area contributed by atoms with Crippen LogP contribution in [0.1, 0.15) is 25.7 Å². The lowest BCUT2D eigenvalue weighted by Gasteiger charge is -2.26. The number of methoxy groups -OCH3 is 1. The molecule has 2 aliphatic heterocycles. The van der Waals surface area contributed by atoms with Gasteiger partial charge in [0.05, 0.1) is 17.7 Å². The lowest BCUT2D eigenvalue weighted by Crippen LogP contribution is -2.35. The fourth-order valence-corrected chi connectivity index (χ4v) is 6.57. The van der Waals surface area contributed by atoms with Gasteiger partial charge in [-0.15, -0.1) is 0 Å². The minimum atomic E-state index is -3.48. The molecule has 1 saturated heterocycles. The smallest absolute Gasteiger partial charge is 0.265 e. The van der Waals surface area contributed by atoms with Gasteiger partial charge >= 0.3 is 0 Å². The van der Waals surface area contributed by atoms with Crippen molar-refractivity contribution in [2.24, 2.45) is 0 Å². The van der Waals surface area contributed by atoms with Crippen LogP contribution in [0.5, 0.6) is 11.5 Å². The van der Waals surface area contributed by atoms with Crippen LogP contribution in [0.3, 0.4) is 0 Å². The third-order valence-corrected chi connectivity index (χ3v) is 8.23. The third-order valence-electron chi connectivity index (χ3n) is 6.37. The fraction of sp³-hybridized carbons (Fsp3) is 0.360. The molecule has 0 aromatic heterocycles. The van der Waals surface area contributed by atoms with E-state index in [-0.39, 0.29) is 6.23 Å². The first-order chi connectivity index (χ1) is 15.6. The van der Waals surface area contributed by atoms with Crippen molar-refractivity contribution in [3.8, 4) is 11.5 Å². The molecule has 2 aliphatic rings. The molecule has 5 rings (SSSR count). The second kappa shape index (κ2) is 8.64. The Morgan fingerprint density at radius 1 is 0.938 bits per heavy atom.